The van der Waals surface area contributed by atoms with Crippen LogP contribution in [-0.2, 0) is 22.5 Å². The Hall–Kier alpha value is -3.22. The third-order valence-corrected chi connectivity index (χ3v) is 7.28. The molecule has 0 N–H and O–H groups in total. The fraction of sp³-hybridized carbons (Fsp3) is 0.400. The Bertz CT molecular complexity index is 1150. The van der Waals surface area contributed by atoms with Crippen LogP contribution in [0.5, 0.6) is 5.75 Å². The Balaban J connectivity index is 1.22. The number of anilines is 1. The minimum Gasteiger partial charge on any atom is -0.489 e. The summed E-state index contributed by atoms with van der Waals surface area (Å²) in [5.41, 5.74) is 6.01. The number of ether oxygens (including phenoxy) is 3. The van der Waals surface area contributed by atoms with Gasteiger partial charge in [0.05, 0.1) is 0 Å². The van der Waals surface area contributed by atoms with Crippen molar-refractivity contribution >= 4 is 11.5 Å². The maximum Gasteiger partial charge on any atom is 0.225 e. The average molecular weight is 486 g/mol. The zero-order chi connectivity index (χ0) is 24.7. The molecule has 0 radical (unpaired) electrons. The van der Waals surface area contributed by atoms with Crippen LogP contribution in [0.2, 0.25) is 0 Å². The van der Waals surface area contributed by atoms with E-state index in [1.807, 2.05) is 30.6 Å². The smallest absolute Gasteiger partial charge is 0.225 e. The first kappa shape index (κ1) is 24.5. The van der Waals surface area contributed by atoms with Gasteiger partial charge in [0, 0.05) is 51.7 Å². The zero-order valence-corrected chi connectivity index (χ0v) is 21.2. The van der Waals surface area contributed by atoms with E-state index in [-0.39, 0.29) is 6.29 Å². The Morgan fingerprint density at radius 1 is 0.972 bits per heavy atom. The third kappa shape index (κ3) is 5.77. The lowest BCUT2D eigenvalue weighted by atomic mass is 9.88. The molecule has 6 nitrogen and oxygen atoms in total. The van der Waals surface area contributed by atoms with Crippen molar-refractivity contribution in [3.05, 3.63) is 89.3 Å². The van der Waals surface area contributed by atoms with E-state index in [4.69, 9.17) is 24.2 Å². The van der Waals surface area contributed by atoms with Gasteiger partial charge >= 0.3 is 0 Å². The lowest BCUT2D eigenvalue weighted by Gasteiger charge is -2.33. The van der Waals surface area contributed by atoms with Crippen LogP contribution in [0.4, 0.5) is 5.95 Å². The molecule has 1 saturated heterocycles. The van der Waals surface area contributed by atoms with E-state index in [0.717, 1.165) is 62.5 Å². The summed E-state index contributed by atoms with van der Waals surface area (Å²) in [5.74, 6) is 2.33. The summed E-state index contributed by atoms with van der Waals surface area (Å²) in [7, 11) is 3.41. The zero-order valence-electron chi connectivity index (χ0n) is 21.2. The highest BCUT2D eigenvalue weighted by Gasteiger charge is 2.24. The van der Waals surface area contributed by atoms with Gasteiger partial charge in [-0.05, 0) is 66.0 Å². The van der Waals surface area contributed by atoms with Crippen molar-refractivity contribution < 1.29 is 14.2 Å². The Kier molecular flexibility index (Phi) is 7.94. The number of hydrogen-bond acceptors (Lipinski definition) is 6. The molecule has 5 rings (SSSR count). The monoisotopic (exact) mass is 485 g/mol. The van der Waals surface area contributed by atoms with E-state index in [0.29, 0.717) is 12.5 Å². The number of nitrogens with zero attached hydrogens (tertiary/aromatic N) is 3. The maximum atomic E-state index is 6.06. The number of hydrogen-bond donors (Lipinski definition) is 0. The Morgan fingerprint density at radius 2 is 1.72 bits per heavy atom. The molecule has 0 amide bonds. The molecule has 0 saturated carbocycles. The van der Waals surface area contributed by atoms with Crippen molar-refractivity contribution in [3.8, 4) is 5.75 Å². The van der Waals surface area contributed by atoms with Gasteiger partial charge in [-0.2, -0.15) is 0 Å². The summed E-state index contributed by atoms with van der Waals surface area (Å²) in [4.78, 5) is 11.8. The molecular weight excluding hydrogens is 450 g/mol. The van der Waals surface area contributed by atoms with Crippen LogP contribution in [0.3, 0.4) is 0 Å². The van der Waals surface area contributed by atoms with Gasteiger partial charge in [0.25, 0.3) is 0 Å². The first-order chi connectivity index (χ1) is 17.7. The molecule has 2 aromatic carbocycles. The molecule has 1 aliphatic heterocycles. The van der Waals surface area contributed by atoms with Crippen molar-refractivity contribution in [2.24, 2.45) is 5.92 Å². The van der Waals surface area contributed by atoms with Gasteiger partial charge in [-0.3, -0.25) is 0 Å². The molecule has 0 unspecified atom stereocenters. The predicted molar refractivity (Wildman–Crippen MR) is 142 cm³/mol. The highest BCUT2D eigenvalue weighted by atomic mass is 16.7. The van der Waals surface area contributed by atoms with Crippen molar-refractivity contribution in [1.29, 1.82) is 0 Å². The standard InChI is InChI=1S/C30H35N3O3/c1-34-29(35-2)17-22-13-15-33(16-14-22)30-31-19-25(20-32-30)27-10-6-9-24-18-26(11-12-28(24)27)36-21-23-7-4-3-5-8-23/h3-5,7-8,10-12,18-20,22,29H,6,9,13-17,21H2,1-2H3. The Morgan fingerprint density at radius 3 is 2.44 bits per heavy atom. The molecule has 2 aliphatic rings. The van der Waals surface area contributed by atoms with Crippen molar-refractivity contribution in [1.82, 2.24) is 9.97 Å². The minimum absolute atomic E-state index is 0.116. The van der Waals surface area contributed by atoms with Crippen LogP contribution < -0.4 is 9.64 Å². The van der Waals surface area contributed by atoms with Crippen LogP contribution in [0.25, 0.3) is 5.57 Å². The van der Waals surface area contributed by atoms with E-state index in [9.17, 15) is 0 Å². The second kappa shape index (κ2) is 11.7. The van der Waals surface area contributed by atoms with Crippen molar-refractivity contribution in [3.63, 3.8) is 0 Å². The van der Waals surface area contributed by atoms with Crippen molar-refractivity contribution in [2.75, 3.05) is 32.2 Å². The summed E-state index contributed by atoms with van der Waals surface area (Å²) in [6.07, 6.45) is 11.3. The summed E-state index contributed by atoms with van der Waals surface area (Å²) < 4.78 is 16.8. The highest BCUT2D eigenvalue weighted by molar-refractivity contribution is 5.82. The molecule has 6 heteroatoms. The van der Waals surface area contributed by atoms with Gasteiger partial charge in [-0.15, -0.1) is 0 Å². The van der Waals surface area contributed by atoms with Gasteiger partial charge in [0.15, 0.2) is 6.29 Å². The molecule has 3 aromatic rings. The molecule has 0 atom stereocenters. The van der Waals surface area contributed by atoms with E-state index in [1.165, 1.54) is 22.3 Å². The number of piperidine rings is 1. The number of fused-ring (bicyclic) bond motifs is 1. The summed E-state index contributed by atoms with van der Waals surface area (Å²) >= 11 is 0. The van der Waals surface area contributed by atoms with E-state index < -0.39 is 0 Å². The topological polar surface area (TPSA) is 56.7 Å². The number of benzene rings is 2. The summed E-state index contributed by atoms with van der Waals surface area (Å²) in [6, 6.07) is 16.7. The summed E-state index contributed by atoms with van der Waals surface area (Å²) in [5, 5.41) is 0. The molecule has 0 bridgehead atoms. The molecule has 36 heavy (non-hydrogen) atoms. The van der Waals surface area contributed by atoms with E-state index in [2.05, 4.69) is 41.3 Å². The van der Waals surface area contributed by atoms with E-state index in [1.54, 1.807) is 14.2 Å². The predicted octanol–water partition coefficient (Wildman–Crippen LogP) is 5.66. The second-order valence-corrected chi connectivity index (χ2v) is 9.59. The van der Waals surface area contributed by atoms with E-state index >= 15 is 0 Å². The molecule has 2 heterocycles. The maximum absolute atomic E-state index is 6.06. The fourth-order valence-corrected chi connectivity index (χ4v) is 5.18. The van der Waals surface area contributed by atoms with Gasteiger partial charge in [0.1, 0.15) is 12.4 Å². The van der Waals surface area contributed by atoms with Crippen LogP contribution >= 0.6 is 0 Å². The first-order valence-corrected chi connectivity index (χ1v) is 12.9. The third-order valence-electron chi connectivity index (χ3n) is 7.28. The Labute approximate surface area is 213 Å². The van der Waals surface area contributed by atoms with Gasteiger partial charge in [-0.1, -0.05) is 42.5 Å². The number of rotatable bonds is 9. The first-order valence-electron chi connectivity index (χ1n) is 12.9. The van der Waals surface area contributed by atoms with Crippen LogP contribution in [0, 0.1) is 5.92 Å². The van der Waals surface area contributed by atoms with Crippen LogP contribution in [0.15, 0.2) is 67.0 Å². The van der Waals surface area contributed by atoms with Gasteiger partial charge < -0.3 is 19.1 Å². The van der Waals surface area contributed by atoms with Crippen LogP contribution in [-0.4, -0.2) is 43.6 Å². The number of aromatic nitrogens is 2. The number of aryl methyl sites for hydroxylation is 1. The van der Waals surface area contributed by atoms with Crippen LogP contribution in [0.1, 0.15) is 47.9 Å². The molecule has 0 spiro atoms. The second-order valence-electron chi connectivity index (χ2n) is 9.59. The summed E-state index contributed by atoms with van der Waals surface area (Å²) in [6.45, 7) is 2.50. The molecular formula is C30H35N3O3. The fourth-order valence-electron chi connectivity index (χ4n) is 5.18. The largest absolute Gasteiger partial charge is 0.489 e. The lowest BCUT2D eigenvalue weighted by molar-refractivity contribution is -0.115. The highest BCUT2D eigenvalue weighted by Crippen LogP contribution is 2.34. The average Bonchev–Trinajstić information content (AvgIpc) is 2.95. The number of methoxy groups -OCH3 is 2. The molecule has 1 fully saturated rings. The SMILES string of the molecule is COC(CC1CCN(c2ncc(C3=CCCc4cc(OCc5ccccc5)ccc43)cn2)CC1)OC. The molecule has 1 aromatic heterocycles. The molecule has 1 aliphatic carbocycles. The number of allylic oxidation sites excluding steroid dienone is 1. The van der Waals surface area contributed by atoms with Gasteiger partial charge in [-0.25, -0.2) is 9.97 Å². The van der Waals surface area contributed by atoms with Gasteiger partial charge in [0.2, 0.25) is 5.95 Å². The minimum atomic E-state index is -0.116. The van der Waals surface area contributed by atoms with Crippen molar-refractivity contribution in [2.45, 2.75) is 45.0 Å². The normalized spacial score (nSPS) is 16.1. The quantitative estimate of drug-likeness (QED) is 0.365. The lowest BCUT2D eigenvalue weighted by Crippen LogP contribution is -2.36. The molecule has 188 valence electrons.